The van der Waals surface area contributed by atoms with Crippen LogP contribution >= 0.6 is 23.1 Å². The number of pyridine rings is 1. The zero-order chi connectivity index (χ0) is 18.6. The maximum Gasteiger partial charge on any atom is 0.230 e. The largest absolute Gasteiger partial charge is 0.351 e. The standard InChI is InChI=1S/C19H17N5OS2/c1-24-11-15(10-22-24)14-6-13(7-20-9-14)8-21-18(25)12-26-19-23-16-4-2-3-5-17(16)27-19/h2-7,9-11H,8,12H2,1H3,(H,21,25). The molecule has 8 heteroatoms. The van der Waals surface area contributed by atoms with Crippen molar-refractivity contribution in [3.63, 3.8) is 0 Å². The Balaban J connectivity index is 1.32. The summed E-state index contributed by atoms with van der Waals surface area (Å²) in [5.41, 5.74) is 3.92. The molecule has 6 nitrogen and oxygen atoms in total. The van der Waals surface area contributed by atoms with Gasteiger partial charge in [-0.3, -0.25) is 14.5 Å². The average Bonchev–Trinajstić information content (AvgIpc) is 3.30. The highest BCUT2D eigenvalue weighted by Gasteiger charge is 2.08. The first-order valence-electron chi connectivity index (χ1n) is 8.35. The zero-order valence-electron chi connectivity index (χ0n) is 14.6. The molecule has 3 heterocycles. The lowest BCUT2D eigenvalue weighted by molar-refractivity contribution is -0.118. The van der Waals surface area contributed by atoms with Crippen molar-refractivity contribution in [1.82, 2.24) is 25.1 Å². The van der Waals surface area contributed by atoms with Crippen LogP contribution in [0.3, 0.4) is 0 Å². The lowest BCUT2D eigenvalue weighted by atomic mass is 10.1. The lowest BCUT2D eigenvalue weighted by Gasteiger charge is -2.05. The van der Waals surface area contributed by atoms with E-state index in [9.17, 15) is 4.79 Å². The number of hydrogen-bond donors (Lipinski definition) is 1. The second kappa shape index (κ2) is 7.89. The Morgan fingerprint density at radius 1 is 1.22 bits per heavy atom. The van der Waals surface area contributed by atoms with Crippen molar-refractivity contribution in [2.45, 2.75) is 10.9 Å². The number of aryl methyl sites for hydroxylation is 1. The summed E-state index contributed by atoms with van der Waals surface area (Å²) in [6, 6.07) is 10.0. The van der Waals surface area contributed by atoms with E-state index in [2.05, 4.69) is 20.4 Å². The summed E-state index contributed by atoms with van der Waals surface area (Å²) in [7, 11) is 1.88. The fourth-order valence-electron chi connectivity index (χ4n) is 2.60. The number of thiazole rings is 1. The summed E-state index contributed by atoms with van der Waals surface area (Å²) >= 11 is 3.07. The minimum Gasteiger partial charge on any atom is -0.351 e. The Bertz CT molecular complexity index is 1060. The van der Waals surface area contributed by atoms with Crippen LogP contribution in [-0.4, -0.2) is 31.4 Å². The van der Waals surface area contributed by atoms with Crippen LogP contribution in [0.15, 0.2) is 59.5 Å². The number of aromatic nitrogens is 4. The fraction of sp³-hybridized carbons (Fsp3) is 0.158. The Morgan fingerprint density at radius 2 is 2.11 bits per heavy atom. The molecule has 0 saturated carbocycles. The van der Waals surface area contributed by atoms with Gasteiger partial charge in [0.15, 0.2) is 4.34 Å². The molecule has 136 valence electrons. The Morgan fingerprint density at radius 3 is 2.93 bits per heavy atom. The second-order valence-electron chi connectivity index (χ2n) is 6.00. The van der Waals surface area contributed by atoms with Crippen molar-refractivity contribution in [3.8, 4) is 11.1 Å². The van der Waals surface area contributed by atoms with Gasteiger partial charge in [0.2, 0.25) is 5.91 Å². The van der Waals surface area contributed by atoms with Gasteiger partial charge in [0.25, 0.3) is 0 Å². The van der Waals surface area contributed by atoms with Gasteiger partial charge in [0.1, 0.15) is 0 Å². The SMILES string of the molecule is Cn1cc(-c2cncc(CNC(=O)CSc3nc4ccccc4s3)c2)cn1. The summed E-state index contributed by atoms with van der Waals surface area (Å²) in [5.74, 6) is 0.321. The molecule has 1 N–H and O–H groups in total. The third kappa shape index (κ3) is 4.35. The van der Waals surface area contributed by atoms with Crippen LogP contribution in [0.1, 0.15) is 5.56 Å². The van der Waals surface area contributed by atoms with Crippen LogP contribution < -0.4 is 5.32 Å². The highest BCUT2D eigenvalue weighted by atomic mass is 32.2. The fourth-order valence-corrected chi connectivity index (χ4v) is 4.50. The molecule has 0 fully saturated rings. The summed E-state index contributed by atoms with van der Waals surface area (Å²) in [5, 5.41) is 7.12. The Kier molecular flexibility index (Phi) is 5.17. The summed E-state index contributed by atoms with van der Waals surface area (Å²) in [6.07, 6.45) is 7.30. The van der Waals surface area contributed by atoms with E-state index in [0.717, 1.165) is 31.2 Å². The molecule has 4 rings (SSSR count). The van der Waals surface area contributed by atoms with Crippen LogP contribution in [0, 0.1) is 0 Å². The van der Waals surface area contributed by atoms with Crippen LogP contribution in [0.2, 0.25) is 0 Å². The quantitative estimate of drug-likeness (QED) is 0.506. The number of rotatable bonds is 6. The van der Waals surface area contributed by atoms with Gasteiger partial charge in [-0.05, 0) is 23.8 Å². The Hall–Kier alpha value is -2.71. The van der Waals surface area contributed by atoms with Crippen LogP contribution in [0.5, 0.6) is 0 Å². The molecule has 3 aromatic heterocycles. The number of benzene rings is 1. The third-order valence-corrected chi connectivity index (χ3v) is 6.10. The van der Waals surface area contributed by atoms with Gasteiger partial charge in [0, 0.05) is 43.3 Å². The van der Waals surface area contributed by atoms with Gasteiger partial charge in [-0.25, -0.2) is 4.98 Å². The maximum absolute atomic E-state index is 12.2. The molecule has 0 atom stereocenters. The number of carbonyl (C=O) groups is 1. The van der Waals surface area contributed by atoms with E-state index >= 15 is 0 Å². The normalized spacial score (nSPS) is 11.0. The molecule has 0 aliphatic rings. The van der Waals surface area contributed by atoms with Crippen molar-refractivity contribution in [1.29, 1.82) is 0 Å². The number of hydrogen-bond acceptors (Lipinski definition) is 6. The molecule has 0 aliphatic heterocycles. The number of thioether (sulfide) groups is 1. The van der Waals surface area contributed by atoms with Crippen molar-refractivity contribution >= 4 is 39.2 Å². The van der Waals surface area contributed by atoms with Crippen molar-refractivity contribution < 1.29 is 4.79 Å². The van der Waals surface area contributed by atoms with E-state index in [1.54, 1.807) is 34.6 Å². The minimum absolute atomic E-state index is 0.0222. The van der Waals surface area contributed by atoms with Crippen LogP contribution in [-0.2, 0) is 18.4 Å². The molecule has 27 heavy (non-hydrogen) atoms. The summed E-state index contributed by atoms with van der Waals surface area (Å²) < 4.78 is 3.80. The van der Waals surface area contributed by atoms with E-state index in [4.69, 9.17) is 0 Å². The van der Waals surface area contributed by atoms with Crippen LogP contribution in [0.4, 0.5) is 0 Å². The number of nitrogens with one attached hydrogen (secondary N) is 1. The molecule has 1 amide bonds. The Labute approximate surface area is 164 Å². The average molecular weight is 396 g/mol. The van der Waals surface area contributed by atoms with E-state index < -0.39 is 0 Å². The maximum atomic E-state index is 12.2. The molecule has 4 aromatic rings. The number of nitrogens with zero attached hydrogens (tertiary/aromatic N) is 4. The number of para-hydroxylation sites is 1. The van der Waals surface area contributed by atoms with Crippen molar-refractivity contribution in [3.05, 3.63) is 60.7 Å². The molecule has 0 spiro atoms. The predicted molar refractivity (Wildman–Crippen MR) is 109 cm³/mol. The lowest BCUT2D eigenvalue weighted by Crippen LogP contribution is -2.24. The second-order valence-corrected chi connectivity index (χ2v) is 8.25. The highest BCUT2D eigenvalue weighted by Crippen LogP contribution is 2.29. The van der Waals surface area contributed by atoms with Crippen LogP contribution in [0.25, 0.3) is 21.3 Å². The highest BCUT2D eigenvalue weighted by molar-refractivity contribution is 8.01. The van der Waals surface area contributed by atoms with Gasteiger partial charge >= 0.3 is 0 Å². The predicted octanol–water partition coefficient (Wildman–Crippen LogP) is 3.50. The number of fused-ring (bicyclic) bond motifs is 1. The van der Waals surface area contributed by atoms with Gasteiger partial charge in [-0.1, -0.05) is 23.9 Å². The molecule has 0 radical (unpaired) electrons. The third-order valence-electron chi connectivity index (χ3n) is 3.92. The van der Waals surface area contributed by atoms with E-state index in [1.807, 2.05) is 43.6 Å². The van der Waals surface area contributed by atoms with Gasteiger partial charge in [-0.15, -0.1) is 11.3 Å². The van der Waals surface area contributed by atoms with E-state index in [0.29, 0.717) is 12.3 Å². The molecule has 0 aliphatic carbocycles. The molecule has 0 bridgehead atoms. The molecule has 1 aromatic carbocycles. The summed E-state index contributed by atoms with van der Waals surface area (Å²) in [4.78, 5) is 21.0. The molecule has 0 unspecified atom stereocenters. The van der Waals surface area contributed by atoms with Gasteiger partial charge in [0.05, 0.1) is 22.2 Å². The first kappa shape index (κ1) is 17.7. The van der Waals surface area contributed by atoms with Gasteiger partial charge in [-0.2, -0.15) is 5.10 Å². The number of carbonyl (C=O) groups excluding carboxylic acids is 1. The number of amides is 1. The monoisotopic (exact) mass is 395 g/mol. The van der Waals surface area contributed by atoms with E-state index in [1.165, 1.54) is 11.8 Å². The first-order chi connectivity index (χ1) is 13.2. The van der Waals surface area contributed by atoms with Crippen molar-refractivity contribution in [2.24, 2.45) is 7.05 Å². The van der Waals surface area contributed by atoms with E-state index in [-0.39, 0.29) is 5.91 Å². The molecular formula is C19H17N5OS2. The van der Waals surface area contributed by atoms with Gasteiger partial charge < -0.3 is 5.32 Å². The topological polar surface area (TPSA) is 72.7 Å². The molecule has 0 saturated heterocycles. The minimum atomic E-state index is -0.0222. The first-order valence-corrected chi connectivity index (χ1v) is 10.2. The zero-order valence-corrected chi connectivity index (χ0v) is 16.3. The van der Waals surface area contributed by atoms with Crippen molar-refractivity contribution in [2.75, 3.05) is 5.75 Å². The molecular weight excluding hydrogens is 378 g/mol. The smallest absolute Gasteiger partial charge is 0.230 e. The summed E-state index contributed by atoms with van der Waals surface area (Å²) in [6.45, 7) is 0.445.